The molecule has 0 aliphatic carbocycles. The Bertz CT molecular complexity index is 806. The van der Waals surface area contributed by atoms with Crippen LogP contribution in [0.2, 0.25) is 0 Å². The van der Waals surface area contributed by atoms with Crippen molar-refractivity contribution in [3.05, 3.63) is 88.8 Å². The van der Waals surface area contributed by atoms with Gasteiger partial charge >= 0.3 is 0 Å². The van der Waals surface area contributed by atoms with Crippen LogP contribution in [0.3, 0.4) is 0 Å². The Morgan fingerprint density at radius 3 is 2.23 bits per heavy atom. The third-order valence-electron chi connectivity index (χ3n) is 5.31. The summed E-state index contributed by atoms with van der Waals surface area (Å²) in [4.78, 5) is 2.30. The Morgan fingerprint density at radius 2 is 1.65 bits per heavy atom. The lowest BCUT2D eigenvalue weighted by Gasteiger charge is -2.31. The molecule has 1 aliphatic heterocycles. The lowest BCUT2D eigenvalue weighted by Crippen LogP contribution is -2.39. The number of nitrogens with zero attached hydrogens (tertiary/aromatic N) is 2. The van der Waals surface area contributed by atoms with Crippen LogP contribution < -0.4 is 0 Å². The summed E-state index contributed by atoms with van der Waals surface area (Å²) < 4.78 is 5.73. The van der Waals surface area contributed by atoms with Gasteiger partial charge in [0.25, 0.3) is 0 Å². The Morgan fingerprint density at radius 1 is 1.04 bits per heavy atom. The standard InChI is InChI=1S/C22H24N2O2/c1-16(15-25)24-13-12-20-19(14-24)22(23-26-20)21(17-8-4-2-5-9-17)18-10-6-3-7-11-18/h2-11,16,21,25H,12-15H2,1H3. The van der Waals surface area contributed by atoms with Crippen molar-refractivity contribution < 1.29 is 9.63 Å². The molecule has 0 radical (unpaired) electrons. The number of rotatable bonds is 5. The van der Waals surface area contributed by atoms with Crippen LogP contribution in [-0.4, -0.2) is 34.4 Å². The average molecular weight is 348 g/mol. The summed E-state index contributed by atoms with van der Waals surface area (Å²) in [7, 11) is 0. The van der Waals surface area contributed by atoms with Crippen LogP contribution in [0.15, 0.2) is 65.2 Å². The quantitative estimate of drug-likeness (QED) is 0.765. The van der Waals surface area contributed by atoms with Crippen LogP contribution in [0.25, 0.3) is 0 Å². The lowest BCUT2D eigenvalue weighted by molar-refractivity contribution is 0.118. The van der Waals surface area contributed by atoms with Crippen LogP contribution in [-0.2, 0) is 13.0 Å². The minimum atomic E-state index is 0.0503. The molecule has 1 aromatic heterocycles. The molecule has 0 saturated heterocycles. The van der Waals surface area contributed by atoms with E-state index < -0.39 is 0 Å². The number of aliphatic hydroxyl groups is 1. The van der Waals surface area contributed by atoms with E-state index in [1.54, 1.807) is 0 Å². The summed E-state index contributed by atoms with van der Waals surface area (Å²) in [6.07, 6.45) is 0.836. The Labute approximate surface area is 154 Å². The molecule has 0 bridgehead atoms. The van der Waals surface area contributed by atoms with Gasteiger partial charge in [0.15, 0.2) is 0 Å². The van der Waals surface area contributed by atoms with Crippen molar-refractivity contribution in [3.8, 4) is 0 Å². The maximum Gasteiger partial charge on any atom is 0.142 e. The third-order valence-corrected chi connectivity index (χ3v) is 5.31. The summed E-state index contributed by atoms with van der Waals surface area (Å²) in [5.41, 5.74) is 4.59. The fraction of sp³-hybridized carbons (Fsp3) is 0.318. The van der Waals surface area contributed by atoms with Gasteiger partial charge in [-0.05, 0) is 18.1 Å². The Hall–Kier alpha value is -2.43. The van der Waals surface area contributed by atoms with Crippen LogP contribution in [0.1, 0.15) is 41.0 Å². The van der Waals surface area contributed by atoms with Crippen molar-refractivity contribution in [1.29, 1.82) is 0 Å². The highest BCUT2D eigenvalue weighted by molar-refractivity contribution is 5.44. The first-order valence-electron chi connectivity index (χ1n) is 9.20. The molecule has 134 valence electrons. The largest absolute Gasteiger partial charge is 0.395 e. The van der Waals surface area contributed by atoms with E-state index in [1.165, 1.54) is 16.7 Å². The summed E-state index contributed by atoms with van der Waals surface area (Å²) >= 11 is 0. The molecule has 1 aliphatic rings. The van der Waals surface area contributed by atoms with Gasteiger partial charge in [-0.1, -0.05) is 65.8 Å². The van der Waals surface area contributed by atoms with E-state index >= 15 is 0 Å². The molecule has 4 heteroatoms. The zero-order chi connectivity index (χ0) is 17.9. The van der Waals surface area contributed by atoms with Crippen LogP contribution in [0.4, 0.5) is 0 Å². The van der Waals surface area contributed by atoms with Gasteiger partial charge in [0.05, 0.1) is 12.5 Å². The molecule has 3 aromatic rings. The second-order valence-electron chi connectivity index (χ2n) is 6.98. The first-order valence-corrected chi connectivity index (χ1v) is 9.20. The molecule has 0 fully saturated rings. The van der Waals surface area contributed by atoms with Crippen molar-refractivity contribution in [2.45, 2.75) is 31.8 Å². The van der Waals surface area contributed by atoms with Gasteiger partial charge in [0.2, 0.25) is 0 Å². The highest BCUT2D eigenvalue weighted by atomic mass is 16.5. The predicted octanol–water partition coefficient (Wildman–Crippen LogP) is 3.59. The summed E-state index contributed by atoms with van der Waals surface area (Å²) in [6.45, 7) is 3.89. The van der Waals surface area contributed by atoms with Gasteiger partial charge in [-0.25, -0.2) is 0 Å². The van der Waals surface area contributed by atoms with E-state index in [9.17, 15) is 5.11 Å². The van der Waals surface area contributed by atoms with Crippen LogP contribution in [0.5, 0.6) is 0 Å². The number of aromatic nitrogens is 1. The molecule has 0 amide bonds. The minimum Gasteiger partial charge on any atom is -0.395 e. The minimum absolute atomic E-state index is 0.0503. The summed E-state index contributed by atoms with van der Waals surface area (Å²) in [5.74, 6) is 1.03. The lowest BCUT2D eigenvalue weighted by atomic mass is 9.85. The maximum atomic E-state index is 9.54. The summed E-state index contributed by atoms with van der Waals surface area (Å²) in [5, 5.41) is 14.0. The van der Waals surface area contributed by atoms with Crippen molar-refractivity contribution in [2.75, 3.05) is 13.2 Å². The van der Waals surface area contributed by atoms with Crippen molar-refractivity contribution >= 4 is 0 Å². The monoisotopic (exact) mass is 348 g/mol. The number of aliphatic hydroxyl groups excluding tert-OH is 1. The molecule has 0 saturated carbocycles. The fourth-order valence-corrected chi connectivity index (χ4v) is 3.77. The van der Waals surface area contributed by atoms with Gasteiger partial charge in [0, 0.05) is 31.1 Å². The van der Waals surface area contributed by atoms with Crippen LogP contribution in [0, 0.1) is 0 Å². The van der Waals surface area contributed by atoms with E-state index in [-0.39, 0.29) is 18.6 Å². The van der Waals surface area contributed by atoms with E-state index in [1.807, 2.05) is 12.1 Å². The second-order valence-corrected chi connectivity index (χ2v) is 6.98. The maximum absolute atomic E-state index is 9.54. The highest BCUT2D eigenvalue weighted by Gasteiger charge is 2.31. The topological polar surface area (TPSA) is 49.5 Å². The number of hydrogen-bond donors (Lipinski definition) is 1. The normalized spacial score (nSPS) is 15.8. The van der Waals surface area contributed by atoms with Gasteiger partial charge in [-0.2, -0.15) is 0 Å². The van der Waals surface area contributed by atoms with Crippen molar-refractivity contribution in [2.24, 2.45) is 0 Å². The molecule has 1 N–H and O–H groups in total. The third kappa shape index (κ3) is 3.18. The van der Waals surface area contributed by atoms with Crippen molar-refractivity contribution in [3.63, 3.8) is 0 Å². The zero-order valence-electron chi connectivity index (χ0n) is 15.0. The molecular formula is C22H24N2O2. The van der Waals surface area contributed by atoms with Crippen molar-refractivity contribution in [1.82, 2.24) is 10.1 Å². The molecule has 2 heterocycles. The van der Waals surface area contributed by atoms with Gasteiger partial charge in [0.1, 0.15) is 11.5 Å². The summed E-state index contributed by atoms with van der Waals surface area (Å²) in [6, 6.07) is 21.1. The first-order chi connectivity index (χ1) is 12.8. The van der Waals surface area contributed by atoms with Gasteiger partial charge in [-0.3, -0.25) is 4.90 Å². The Balaban J connectivity index is 1.78. The molecule has 4 rings (SSSR count). The smallest absolute Gasteiger partial charge is 0.142 e. The molecule has 1 atom stereocenters. The molecular weight excluding hydrogens is 324 g/mol. The predicted molar refractivity (Wildman–Crippen MR) is 101 cm³/mol. The zero-order valence-corrected chi connectivity index (χ0v) is 15.0. The highest BCUT2D eigenvalue weighted by Crippen LogP contribution is 2.36. The van der Waals surface area contributed by atoms with Gasteiger partial charge in [-0.15, -0.1) is 0 Å². The molecule has 1 unspecified atom stereocenters. The molecule has 26 heavy (non-hydrogen) atoms. The van der Waals surface area contributed by atoms with E-state index in [4.69, 9.17) is 4.52 Å². The van der Waals surface area contributed by atoms with Gasteiger partial charge < -0.3 is 9.63 Å². The molecule has 2 aromatic carbocycles. The van der Waals surface area contributed by atoms with E-state index in [0.717, 1.165) is 31.0 Å². The number of fused-ring (bicyclic) bond motifs is 1. The molecule has 4 nitrogen and oxygen atoms in total. The Kier molecular flexibility index (Phi) is 4.87. The second kappa shape index (κ2) is 7.44. The van der Waals surface area contributed by atoms with E-state index in [2.05, 4.69) is 65.5 Å². The SMILES string of the molecule is CC(CO)N1CCc2onc(C(c3ccccc3)c3ccccc3)c2C1. The number of hydrogen-bond acceptors (Lipinski definition) is 4. The van der Waals surface area contributed by atoms with E-state index in [0.29, 0.717) is 0 Å². The fourth-order valence-electron chi connectivity index (χ4n) is 3.77. The number of benzene rings is 2. The molecule has 0 spiro atoms. The first kappa shape index (κ1) is 17.0. The van der Waals surface area contributed by atoms with Crippen LogP contribution >= 0.6 is 0 Å². The average Bonchev–Trinajstić information content (AvgIpc) is 3.12.